The van der Waals surface area contributed by atoms with Crippen LogP contribution < -0.4 is 9.86 Å². The molecule has 0 bridgehead atoms. The minimum absolute atomic E-state index is 0.180. The molecule has 7 nitrogen and oxygen atoms in total. The monoisotopic (exact) mass is 235 g/mol. The van der Waals surface area contributed by atoms with Crippen LogP contribution in [0.5, 0.6) is 0 Å². The molecule has 0 amide bonds. The van der Waals surface area contributed by atoms with Gasteiger partial charge in [-0.1, -0.05) is 0 Å². The molecule has 9 heteroatoms. The van der Waals surface area contributed by atoms with Crippen LogP contribution in [0.1, 0.15) is 0 Å². The van der Waals surface area contributed by atoms with E-state index in [4.69, 9.17) is 0 Å². The van der Waals surface area contributed by atoms with Crippen molar-refractivity contribution in [2.75, 3.05) is 4.72 Å². The van der Waals surface area contributed by atoms with E-state index in [1.165, 1.54) is 0 Å². The van der Waals surface area contributed by atoms with Crippen molar-refractivity contribution >= 4 is 21.6 Å². The summed E-state index contributed by atoms with van der Waals surface area (Å²) in [7, 11) is -4.01. The fourth-order valence-corrected chi connectivity index (χ4v) is 1.34. The summed E-state index contributed by atoms with van der Waals surface area (Å²) in [6, 6.07) is 2.54. The highest BCUT2D eigenvalue weighted by molar-refractivity contribution is 7.90. The maximum atomic E-state index is 13.0. The quantitative estimate of drug-likeness (QED) is 0.580. The summed E-state index contributed by atoms with van der Waals surface area (Å²) in [5, 5.41) is 14.8. The van der Waals surface area contributed by atoms with Gasteiger partial charge in [0.05, 0.1) is 10.6 Å². The van der Waals surface area contributed by atoms with Crippen LogP contribution in [-0.4, -0.2) is 13.3 Å². The van der Waals surface area contributed by atoms with Crippen LogP contribution in [0.25, 0.3) is 0 Å². The number of nitro groups is 1. The molecule has 0 aliphatic rings. The normalized spacial score (nSPS) is 11.1. The molecule has 82 valence electrons. The Balaban J connectivity index is 3.07. The van der Waals surface area contributed by atoms with Crippen molar-refractivity contribution in [1.82, 2.24) is 0 Å². The number of rotatable bonds is 3. The van der Waals surface area contributed by atoms with Crippen LogP contribution in [0.4, 0.5) is 15.8 Å². The van der Waals surface area contributed by atoms with Crippen molar-refractivity contribution in [1.29, 1.82) is 0 Å². The van der Waals surface area contributed by atoms with Crippen LogP contribution in [0, 0.1) is 15.9 Å². The molecule has 0 saturated carbocycles. The molecular weight excluding hydrogens is 229 g/mol. The summed E-state index contributed by atoms with van der Waals surface area (Å²) in [6.07, 6.45) is 0. The predicted molar refractivity (Wildman–Crippen MR) is 49.8 cm³/mol. The van der Waals surface area contributed by atoms with E-state index >= 15 is 0 Å². The average Bonchev–Trinajstić information content (AvgIpc) is 1.99. The van der Waals surface area contributed by atoms with Gasteiger partial charge in [0, 0.05) is 12.1 Å². The number of benzene rings is 1. The molecule has 1 aromatic rings. The van der Waals surface area contributed by atoms with Crippen LogP contribution in [0.3, 0.4) is 0 Å². The number of hydrogen-bond acceptors (Lipinski definition) is 4. The van der Waals surface area contributed by atoms with E-state index < -0.39 is 26.6 Å². The standard InChI is InChI=1S/C6H6FN3O4S/c7-5-3-4(9-15(8,13)14)1-2-6(5)10(11)12/h1-3,9H,(H2,8,13,14). The summed E-state index contributed by atoms with van der Waals surface area (Å²) in [4.78, 5) is 9.30. The Morgan fingerprint density at radius 1 is 1.47 bits per heavy atom. The molecule has 0 spiro atoms. The van der Waals surface area contributed by atoms with Gasteiger partial charge in [-0.05, 0) is 6.07 Å². The first-order valence-electron chi connectivity index (χ1n) is 3.54. The van der Waals surface area contributed by atoms with Gasteiger partial charge < -0.3 is 0 Å². The van der Waals surface area contributed by atoms with E-state index in [-0.39, 0.29) is 5.69 Å². The molecule has 0 aromatic heterocycles. The maximum Gasteiger partial charge on any atom is 0.304 e. The van der Waals surface area contributed by atoms with E-state index in [1.54, 1.807) is 4.72 Å². The largest absolute Gasteiger partial charge is 0.304 e. The first-order valence-corrected chi connectivity index (χ1v) is 5.09. The third-order valence-electron chi connectivity index (χ3n) is 1.40. The zero-order chi connectivity index (χ0) is 11.6. The predicted octanol–water partition coefficient (Wildman–Crippen LogP) is 0.349. The summed E-state index contributed by atoms with van der Waals surface area (Å²) in [5.41, 5.74) is -0.921. The maximum absolute atomic E-state index is 13.0. The Morgan fingerprint density at radius 3 is 2.47 bits per heavy atom. The minimum Gasteiger partial charge on any atom is -0.271 e. The van der Waals surface area contributed by atoms with Crippen molar-refractivity contribution in [2.45, 2.75) is 0 Å². The van der Waals surface area contributed by atoms with Gasteiger partial charge in [-0.25, -0.2) is 5.14 Å². The molecule has 0 fully saturated rings. The Morgan fingerprint density at radius 2 is 2.07 bits per heavy atom. The second kappa shape index (κ2) is 3.79. The van der Waals surface area contributed by atoms with E-state index in [2.05, 4.69) is 5.14 Å². The van der Waals surface area contributed by atoms with Gasteiger partial charge in [-0.2, -0.15) is 12.8 Å². The second-order valence-corrected chi connectivity index (χ2v) is 3.86. The highest BCUT2D eigenvalue weighted by Gasteiger charge is 2.14. The second-order valence-electron chi connectivity index (χ2n) is 2.57. The molecule has 0 radical (unpaired) electrons. The molecule has 1 aromatic carbocycles. The SMILES string of the molecule is NS(=O)(=O)Nc1ccc([N+](=O)[O-])c(F)c1. The number of halogens is 1. The minimum atomic E-state index is -4.01. The lowest BCUT2D eigenvalue weighted by atomic mass is 10.3. The highest BCUT2D eigenvalue weighted by atomic mass is 32.2. The van der Waals surface area contributed by atoms with Crippen molar-refractivity contribution in [3.63, 3.8) is 0 Å². The van der Waals surface area contributed by atoms with Crippen LogP contribution in [0.15, 0.2) is 18.2 Å². The summed E-state index contributed by atoms with van der Waals surface area (Å²) < 4.78 is 35.8. The van der Waals surface area contributed by atoms with Gasteiger partial charge in [-0.3, -0.25) is 14.8 Å². The van der Waals surface area contributed by atoms with Gasteiger partial charge in [0.15, 0.2) is 0 Å². The molecule has 3 N–H and O–H groups in total. The lowest BCUT2D eigenvalue weighted by Crippen LogP contribution is -2.21. The fraction of sp³-hybridized carbons (Fsp3) is 0. The number of nitrogens with one attached hydrogen (secondary N) is 1. The lowest BCUT2D eigenvalue weighted by molar-refractivity contribution is -0.387. The Kier molecular flexibility index (Phi) is 2.86. The van der Waals surface area contributed by atoms with Crippen LogP contribution in [-0.2, 0) is 10.2 Å². The van der Waals surface area contributed by atoms with Crippen LogP contribution in [0.2, 0.25) is 0 Å². The highest BCUT2D eigenvalue weighted by Crippen LogP contribution is 2.20. The van der Waals surface area contributed by atoms with Crippen LogP contribution >= 0.6 is 0 Å². The van der Waals surface area contributed by atoms with Crippen molar-refractivity contribution in [3.8, 4) is 0 Å². The summed E-state index contributed by atoms with van der Waals surface area (Å²) in [5.74, 6) is -1.14. The zero-order valence-electron chi connectivity index (χ0n) is 7.18. The molecule has 0 atom stereocenters. The summed E-state index contributed by atoms with van der Waals surface area (Å²) >= 11 is 0. The van der Waals surface area contributed by atoms with E-state index in [0.717, 1.165) is 12.1 Å². The smallest absolute Gasteiger partial charge is 0.271 e. The van der Waals surface area contributed by atoms with E-state index in [1.807, 2.05) is 0 Å². The van der Waals surface area contributed by atoms with Gasteiger partial charge in [0.25, 0.3) is 10.2 Å². The molecule has 0 heterocycles. The van der Waals surface area contributed by atoms with Gasteiger partial charge in [-0.15, -0.1) is 0 Å². The van der Waals surface area contributed by atoms with E-state index in [9.17, 15) is 22.9 Å². The third kappa shape index (κ3) is 3.14. The topological polar surface area (TPSA) is 115 Å². The first-order chi connectivity index (χ1) is 6.79. The third-order valence-corrected chi connectivity index (χ3v) is 1.92. The number of anilines is 1. The molecule has 0 saturated heterocycles. The Labute approximate surface area is 84.0 Å². The molecule has 1 rings (SSSR count). The van der Waals surface area contributed by atoms with Gasteiger partial charge in [0.1, 0.15) is 0 Å². The average molecular weight is 235 g/mol. The number of nitrogens with two attached hydrogens (primary N) is 1. The Bertz CT molecular complexity index is 501. The van der Waals surface area contributed by atoms with Crippen molar-refractivity contribution in [2.24, 2.45) is 5.14 Å². The summed E-state index contributed by atoms with van der Waals surface area (Å²) in [6.45, 7) is 0. The molecule has 15 heavy (non-hydrogen) atoms. The first kappa shape index (κ1) is 11.3. The van der Waals surface area contributed by atoms with Crippen molar-refractivity contribution in [3.05, 3.63) is 34.1 Å². The van der Waals surface area contributed by atoms with Gasteiger partial charge in [0.2, 0.25) is 5.82 Å². The number of nitrogens with zero attached hydrogens (tertiary/aromatic N) is 1. The number of nitro benzene ring substituents is 1. The fourth-order valence-electron chi connectivity index (χ4n) is 0.883. The molecule has 0 unspecified atom stereocenters. The number of hydrogen-bond donors (Lipinski definition) is 2. The Hall–Kier alpha value is -1.74. The van der Waals surface area contributed by atoms with Crippen molar-refractivity contribution < 1.29 is 17.7 Å². The van der Waals surface area contributed by atoms with Gasteiger partial charge >= 0.3 is 5.69 Å². The molecule has 0 aliphatic heterocycles. The lowest BCUT2D eigenvalue weighted by Gasteiger charge is -2.02. The molecule has 0 aliphatic carbocycles. The molecular formula is C6H6FN3O4S. The zero-order valence-corrected chi connectivity index (χ0v) is 7.99. The van der Waals surface area contributed by atoms with E-state index in [0.29, 0.717) is 6.07 Å².